The van der Waals surface area contributed by atoms with Gasteiger partial charge in [-0.05, 0) is 5.56 Å². The highest BCUT2D eigenvalue weighted by Crippen LogP contribution is 2.36. The second-order valence-corrected chi connectivity index (χ2v) is 6.73. The van der Waals surface area contributed by atoms with Gasteiger partial charge in [-0.1, -0.05) is 71.7 Å². The van der Waals surface area contributed by atoms with E-state index in [1.165, 1.54) is 11.4 Å². The summed E-state index contributed by atoms with van der Waals surface area (Å²) in [7, 11) is 0. The molecule has 0 aliphatic carbocycles. The van der Waals surface area contributed by atoms with Crippen molar-refractivity contribution in [3.63, 3.8) is 0 Å². The first kappa shape index (κ1) is 16.0. The number of carboxylic acid groups (broad SMARTS) is 1. The highest BCUT2D eigenvalue weighted by Gasteiger charge is 2.39. The maximum atomic E-state index is 11.2. The van der Waals surface area contributed by atoms with Gasteiger partial charge in [-0.25, -0.2) is 0 Å². The zero-order valence-corrected chi connectivity index (χ0v) is 13.2. The zero-order chi connectivity index (χ0) is 15.3. The lowest BCUT2D eigenvalue weighted by molar-refractivity contribution is -0.306. The van der Waals surface area contributed by atoms with Gasteiger partial charge >= 0.3 is 0 Å². The SMILES string of the molecule is O=C([O-])C(Cl)(Cl)C(C=[S+]c1ccccc1)c1ccccc1. The van der Waals surface area contributed by atoms with Gasteiger partial charge in [0.05, 0.1) is 11.9 Å². The van der Waals surface area contributed by atoms with Crippen molar-refractivity contribution in [1.29, 1.82) is 0 Å². The van der Waals surface area contributed by atoms with Gasteiger partial charge in [0.2, 0.25) is 16.2 Å². The Morgan fingerprint density at radius 1 is 1.05 bits per heavy atom. The topological polar surface area (TPSA) is 40.1 Å². The van der Waals surface area contributed by atoms with Crippen LogP contribution in [0.25, 0.3) is 0 Å². The maximum absolute atomic E-state index is 11.2. The third-order valence-electron chi connectivity index (χ3n) is 2.90. The number of carboxylic acids is 1. The lowest BCUT2D eigenvalue weighted by Crippen LogP contribution is -2.44. The standard InChI is InChI=1S/C16H12Cl2O2S/c17-16(18,15(19)20)14(12-7-3-1-4-8-12)11-21-13-9-5-2-6-10-13/h1-11,14H. The molecule has 5 heteroatoms. The first-order valence-corrected chi connectivity index (χ1v) is 7.84. The molecule has 0 aliphatic heterocycles. The highest BCUT2D eigenvalue weighted by molar-refractivity contribution is 7.77. The van der Waals surface area contributed by atoms with E-state index in [-0.39, 0.29) is 0 Å². The fourth-order valence-corrected chi connectivity index (χ4v) is 3.30. The molecular formula is C16H12Cl2O2S. The van der Waals surface area contributed by atoms with Crippen LogP contribution in [0.15, 0.2) is 65.6 Å². The Kier molecular flexibility index (Phi) is 5.34. The largest absolute Gasteiger partial charge is 0.547 e. The summed E-state index contributed by atoms with van der Waals surface area (Å²) < 4.78 is -2.02. The van der Waals surface area contributed by atoms with Crippen LogP contribution in [0.2, 0.25) is 0 Å². The van der Waals surface area contributed by atoms with Gasteiger partial charge in [0.1, 0.15) is 0 Å². The van der Waals surface area contributed by atoms with Crippen molar-refractivity contribution in [3.05, 3.63) is 66.2 Å². The third kappa shape index (κ3) is 4.03. The number of halogens is 2. The Labute approximate surface area is 137 Å². The second-order valence-electron chi connectivity index (χ2n) is 4.37. The van der Waals surface area contributed by atoms with Gasteiger partial charge in [0.15, 0.2) is 9.70 Å². The average molecular weight is 339 g/mol. The quantitative estimate of drug-likeness (QED) is 0.477. The monoisotopic (exact) mass is 338 g/mol. The van der Waals surface area contributed by atoms with E-state index in [0.29, 0.717) is 0 Å². The molecule has 0 radical (unpaired) electrons. The zero-order valence-electron chi connectivity index (χ0n) is 10.9. The molecule has 0 heterocycles. The van der Waals surface area contributed by atoms with Crippen LogP contribution in [0.4, 0.5) is 0 Å². The predicted molar refractivity (Wildman–Crippen MR) is 86.8 cm³/mol. The molecule has 108 valence electrons. The average Bonchev–Trinajstić information content (AvgIpc) is 2.49. The molecule has 0 aliphatic rings. The van der Waals surface area contributed by atoms with Crippen molar-refractivity contribution < 1.29 is 9.90 Å². The minimum Gasteiger partial charge on any atom is -0.547 e. The summed E-state index contributed by atoms with van der Waals surface area (Å²) in [5.74, 6) is -2.21. The maximum Gasteiger partial charge on any atom is 0.230 e. The van der Waals surface area contributed by atoms with Gasteiger partial charge in [0, 0.05) is 12.1 Å². The van der Waals surface area contributed by atoms with Gasteiger partial charge in [0.25, 0.3) is 0 Å². The summed E-state index contributed by atoms with van der Waals surface area (Å²) in [5.41, 5.74) is 0.718. The molecular weight excluding hydrogens is 327 g/mol. The van der Waals surface area contributed by atoms with E-state index in [1.54, 1.807) is 17.5 Å². The third-order valence-corrected chi connectivity index (χ3v) is 4.64. The van der Waals surface area contributed by atoms with Crippen molar-refractivity contribution in [2.75, 3.05) is 0 Å². The number of rotatable bonds is 5. The van der Waals surface area contributed by atoms with Crippen LogP contribution in [0, 0.1) is 0 Å². The molecule has 0 amide bonds. The molecule has 0 aromatic heterocycles. The number of aliphatic carboxylic acids is 1. The molecule has 0 N–H and O–H groups in total. The second kappa shape index (κ2) is 7.03. The minimum atomic E-state index is -2.02. The number of benzene rings is 2. The number of alkyl halides is 2. The summed E-state index contributed by atoms with van der Waals surface area (Å²) in [4.78, 5) is 12.2. The summed E-state index contributed by atoms with van der Waals surface area (Å²) >= 11 is 13.4. The van der Waals surface area contributed by atoms with Gasteiger partial charge in [-0.3, -0.25) is 0 Å². The van der Waals surface area contributed by atoms with Crippen molar-refractivity contribution in [2.24, 2.45) is 0 Å². The molecule has 1 unspecified atom stereocenters. The van der Waals surface area contributed by atoms with Crippen LogP contribution in [0.1, 0.15) is 11.5 Å². The molecule has 2 aromatic carbocycles. The smallest absolute Gasteiger partial charge is 0.230 e. The number of carbonyl (C=O) groups is 1. The first-order chi connectivity index (χ1) is 10.0. The summed E-state index contributed by atoms with van der Waals surface area (Å²) in [6.45, 7) is 0. The highest BCUT2D eigenvalue weighted by atomic mass is 35.5. The molecule has 2 aromatic rings. The van der Waals surface area contributed by atoms with Gasteiger partial charge < -0.3 is 9.90 Å². The molecule has 2 nitrogen and oxygen atoms in total. The van der Waals surface area contributed by atoms with Crippen LogP contribution in [-0.2, 0) is 16.1 Å². The first-order valence-electron chi connectivity index (χ1n) is 6.21. The molecule has 0 fully saturated rings. The fraction of sp³-hybridized carbons (Fsp3) is 0.125. The van der Waals surface area contributed by atoms with Gasteiger partial charge in [-0.15, -0.1) is 0 Å². The minimum absolute atomic E-state index is 0.697. The van der Waals surface area contributed by atoms with E-state index in [2.05, 4.69) is 0 Å². The molecule has 2 rings (SSSR count). The Morgan fingerprint density at radius 2 is 1.57 bits per heavy atom. The Balaban J connectivity index is 2.38. The van der Waals surface area contributed by atoms with E-state index in [0.717, 1.165) is 10.5 Å². The van der Waals surface area contributed by atoms with E-state index >= 15 is 0 Å². The molecule has 0 saturated heterocycles. The Bertz CT molecular complexity index is 627. The van der Waals surface area contributed by atoms with E-state index in [9.17, 15) is 9.90 Å². The van der Waals surface area contributed by atoms with E-state index in [1.807, 2.05) is 48.5 Å². The number of hydrogen-bond acceptors (Lipinski definition) is 2. The van der Waals surface area contributed by atoms with E-state index < -0.39 is 16.2 Å². The fourth-order valence-electron chi connectivity index (χ4n) is 1.81. The predicted octanol–water partition coefficient (Wildman–Crippen LogP) is 2.64. The van der Waals surface area contributed by atoms with Crippen molar-refractivity contribution in [1.82, 2.24) is 0 Å². The molecule has 0 bridgehead atoms. The van der Waals surface area contributed by atoms with E-state index in [4.69, 9.17) is 23.2 Å². The van der Waals surface area contributed by atoms with Crippen molar-refractivity contribution in [2.45, 2.75) is 15.1 Å². The molecule has 21 heavy (non-hydrogen) atoms. The summed E-state index contributed by atoms with van der Waals surface area (Å²) in [6.07, 6.45) is 0. The summed E-state index contributed by atoms with van der Waals surface area (Å²) in [5, 5.41) is 13.0. The van der Waals surface area contributed by atoms with Crippen molar-refractivity contribution >= 4 is 45.9 Å². The normalized spacial score (nSPS) is 13.2. The Hall–Kier alpha value is -1.42. The number of carbonyl (C=O) groups excluding carboxylic acids is 1. The van der Waals surface area contributed by atoms with Crippen LogP contribution in [0.5, 0.6) is 0 Å². The molecule has 0 spiro atoms. The van der Waals surface area contributed by atoms with Gasteiger partial charge in [-0.2, -0.15) is 0 Å². The van der Waals surface area contributed by atoms with Crippen molar-refractivity contribution in [3.8, 4) is 0 Å². The van der Waals surface area contributed by atoms with Crippen LogP contribution < -0.4 is 5.11 Å². The van der Waals surface area contributed by atoms with Crippen LogP contribution in [-0.4, -0.2) is 15.7 Å². The lowest BCUT2D eigenvalue weighted by Gasteiger charge is -2.26. The summed E-state index contributed by atoms with van der Waals surface area (Å²) in [6, 6.07) is 18.6. The molecule has 0 saturated carbocycles. The van der Waals surface area contributed by atoms with Crippen LogP contribution in [0.3, 0.4) is 0 Å². The number of hydrogen-bond donors (Lipinski definition) is 0. The Morgan fingerprint density at radius 3 is 2.10 bits per heavy atom. The lowest BCUT2D eigenvalue weighted by atomic mass is 9.97. The van der Waals surface area contributed by atoms with Crippen LogP contribution >= 0.6 is 23.2 Å². The molecule has 1 atom stereocenters.